The zero-order chi connectivity index (χ0) is 9.28. The maximum atomic E-state index is 4.58. The van der Waals surface area contributed by atoms with Crippen LogP contribution in [0.1, 0.15) is 21.3 Å². The second-order valence-electron chi connectivity index (χ2n) is 2.22. The van der Waals surface area contributed by atoms with Crippen molar-refractivity contribution in [3.8, 4) is 0 Å². The summed E-state index contributed by atoms with van der Waals surface area (Å²) in [7, 11) is 6.83. The van der Waals surface area contributed by atoms with Gasteiger partial charge in [-0.25, -0.2) is 0 Å². The minimum Gasteiger partial charge on any atom is -0.399 e. The lowest BCUT2D eigenvalue weighted by Crippen LogP contribution is -2.07. The van der Waals surface area contributed by atoms with Crippen LogP contribution in [0.2, 0.25) is 0 Å². The number of hydrogen-bond acceptors (Lipinski definition) is 4. The van der Waals surface area contributed by atoms with Crippen molar-refractivity contribution in [2.75, 3.05) is 28.3 Å². The lowest BCUT2D eigenvalue weighted by atomic mass is 10.5. The molecular formula is C8H22N2O2. The van der Waals surface area contributed by atoms with E-state index in [4.69, 9.17) is 0 Å². The molecule has 0 N–H and O–H groups in total. The molecule has 0 fully saturated rings. The van der Waals surface area contributed by atoms with Crippen LogP contribution in [-0.2, 0) is 9.68 Å². The summed E-state index contributed by atoms with van der Waals surface area (Å²) in [4.78, 5) is 8.97. The van der Waals surface area contributed by atoms with Gasteiger partial charge in [0.15, 0.2) is 0 Å². The van der Waals surface area contributed by atoms with Crippen molar-refractivity contribution >= 4 is 5.71 Å². The molecule has 0 saturated heterocycles. The Morgan fingerprint density at radius 3 is 1.50 bits per heavy atom. The second kappa shape index (κ2) is 13.0. The number of nitrogens with zero attached hydrogens (tertiary/aromatic N) is 2. The SMILES string of the molecule is C.CON(C)C.CON=C(C)C. The summed E-state index contributed by atoms with van der Waals surface area (Å²) in [6.45, 7) is 3.76. The van der Waals surface area contributed by atoms with Crippen molar-refractivity contribution in [1.82, 2.24) is 5.06 Å². The molecule has 0 aliphatic heterocycles. The Morgan fingerprint density at radius 2 is 1.50 bits per heavy atom. The van der Waals surface area contributed by atoms with E-state index in [1.165, 1.54) is 7.11 Å². The fourth-order valence-electron chi connectivity index (χ4n) is 0.183. The van der Waals surface area contributed by atoms with Gasteiger partial charge in [-0.15, -0.1) is 0 Å². The lowest BCUT2D eigenvalue weighted by Gasteiger charge is -2.01. The Labute approximate surface area is 76.1 Å². The minimum atomic E-state index is 0. The fraction of sp³-hybridized carbons (Fsp3) is 0.875. The second-order valence-corrected chi connectivity index (χ2v) is 2.22. The van der Waals surface area contributed by atoms with Crippen LogP contribution in [0.3, 0.4) is 0 Å². The smallest absolute Gasteiger partial charge is 0.106 e. The first kappa shape index (κ1) is 17.5. The minimum absolute atomic E-state index is 0. The third-order valence-electron chi connectivity index (χ3n) is 0.639. The third kappa shape index (κ3) is 34.3. The van der Waals surface area contributed by atoms with Crippen LogP contribution >= 0.6 is 0 Å². The molecule has 0 bridgehead atoms. The van der Waals surface area contributed by atoms with Gasteiger partial charge in [0.2, 0.25) is 0 Å². The highest BCUT2D eigenvalue weighted by molar-refractivity contribution is 5.78. The fourth-order valence-corrected chi connectivity index (χ4v) is 0.183. The molecule has 12 heavy (non-hydrogen) atoms. The van der Waals surface area contributed by atoms with Crippen molar-refractivity contribution in [3.63, 3.8) is 0 Å². The molecule has 4 nitrogen and oxygen atoms in total. The molecule has 76 valence electrons. The van der Waals surface area contributed by atoms with Crippen LogP contribution in [0, 0.1) is 0 Å². The highest BCUT2D eigenvalue weighted by Crippen LogP contribution is 1.71. The van der Waals surface area contributed by atoms with Crippen LogP contribution in [-0.4, -0.2) is 39.1 Å². The molecule has 0 aliphatic rings. The zero-order valence-electron chi connectivity index (χ0n) is 8.21. The maximum Gasteiger partial charge on any atom is 0.106 e. The standard InChI is InChI=1S/C4H9NO.C3H9NO.CH4/c1-4(2)5-6-3;1-4(2)5-3;/h1-3H3;1-3H3;1H4. The van der Waals surface area contributed by atoms with Gasteiger partial charge >= 0.3 is 0 Å². The van der Waals surface area contributed by atoms with Crippen molar-refractivity contribution < 1.29 is 9.68 Å². The molecule has 0 aromatic carbocycles. The molecule has 0 rings (SSSR count). The number of hydrogen-bond donors (Lipinski definition) is 0. The Kier molecular flexibility index (Phi) is 18.9. The van der Waals surface area contributed by atoms with Crippen LogP contribution in [0.15, 0.2) is 5.16 Å². The normalized spacial score (nSPS) is 7.58. The Bertz CT molecular complexity index is 99.2. The zero-order valence-corrected chi connectivity index (χ0v) is 8.21. The van der Waals surface area contributed by atoms with Crippen LogP contribution in [0.4, 0.5) is 0 Å². The molecule has 0 amide bonds. The highest BCUT2D eigenvalue weighted by atomic mass is 16.7. The molecule has 0 saturated carbocycles. The first-order valence-electron chi connectivity index (χ1n) is 3.30. The average molecular weight is 178 g/mol. The first-order chi connectivity index (χ1) is 5.04. The van der Waals surface area contributed by atoms with Gasteiger partial charge < -0.3 is 9.68 Å². The van der Waals surface area contributed by atoms with Crippen molar-refractivity contribution in [2.45, 2.75) is 21.3 Å². The van der Waals surface area contributed by atoms with Gasteiger partial charge in [-0.2, -0.15) is 5.06 Å². The summed E-state index contributed by atoms with van der Waals surface area (Å²) in [5.41, 5.74) is 0.942. The largest absolute Gasteiger partial charge is 0.399 e. The van der Waals surface area contributed by atoms with Gasteiger partial charge in [0.25, 0.3) is 0 Å². The molecule has 0 spiro atoms. The molecule has 0 atom stereocenters. The highest BCUT2D eigenvalue weighted by Gasteiger charge is 1.71. The summed E-state index contributed by atoms with van der Waals surface area (Å²) in [6, 6.07) is 0. The average Bonchev–Trinajstić information content (AvgIpc) is 1.89. The van der Waals surface area contributed by atoms with Crippen LogP contribution in [0.5, 0.6) is 0 Å². The molecular weight excluding hydrogens is 156 g/mol. The molecule has 0 aromatic heterocycles. The Hall–Kier alpha value is -0.610. The lowest BCUT2D eigenvalue weighted by molar-refractivity contribution is -0.0855. The van der Waals surface area contributed by atoms with Gasteiger partial charge in [0.05, 0.1) is 12.8 Å². The van der Waals surface area contributed by atoms with Crippen molar-refractivity contribution in [2.24, 2.45) is 5.16 Å². The number of oxime groups is 1. The molecule has 0 aromatic rings. The molecule has 4 heteroatoms. The first-order valence-corrected chi connectivity index (χ1v) is 3.30. The van der Waals surface area contributed by atoms with Crippen molar-refractivity contribution in [1.29, 1.82) is 0 Å². The van der Waals surface area contributed by atoms with Crippen LogP contribution in [0.25, 0.3) is 0 Å². The molecule has 0 unspecified atom stereocenters. The quantitative estimate of drug-likeness (QED) is 0.477. The predicted octanol–water partition coefficient (Wildman–Crippen LogP) is 1.77. The summed E-state index contributed by atoms with van der Waals surface area (Å²) in [5.74, 6) is 0. The van der Waals surface area contributed by atoms with E-state index in [9.17, 15) is 0 Å². The Morgan fingerprint density at radius 1 is 1.17 bits per heavy atom. The molecule has 0 radical (unpaired) electrons. The predicted molar refractivity (Wildman–Crippen MR) is 53.2 cm³/mol. The van der Waals surface area contributed by atoms with Gasteiger partial charge in [-0.3, -0.25) is 0 Å². The van der Waals surface area contributed by atoms with E-state index >= 15 is 0 Å². The number of rotatable bonds is 2. The van der Waals surface area contributed by atoms with E-state index in [0.717, 1.165) is 5.71 Å². The van der Waals surface area contributed by atoms with Gasteiger partial charge in [-0.05, 0) is 13.8 Å². The summed E-state index contributed by atoms with van der Waals surface area (Å²) >= 11 is 0. The third-order valence-corrected chi connectivity index (χ3v) is 0.639. The molecule has 0 aliphatic carbocycles. The van der Waals surface area contributed by atoms with Gasteiger partial charge in [-0.1, -0.05) is 12.6 Å². The maximum absolute atomic E-state index is 4.58. The van der Waals surface area contributed by atoms with Crippen molar-refractivity contribution in [3.05, 3.63) is 0 Å². The monoisotopic (exact) mass is 178 g/mol. The number of hydroxylamine groups is 2. The van der Waals surface area contributed by atoms with E-state index in [0.29, 0.717) is 0 Å². The summed E-state index contributed by atoms with van der Waals surface area (Å²) < 4.78 is 0. The molecule has 0 heterocycles. The van der Waals surface area contributed by atoms with Gasteiger partial charge in [0, 0.05) is 14.1 Å². The van der Waals surface area contributed by atoms with E-state index in [-0.39, 0.29) is 7.43 Å². The van der Waals surface area contributed by atoms with E-state index < -0.39 is 0 Å². The Balaban J connectivity index is -0.000000126. The van der Waals surface area contributed by atoms with E-state index in [1.807, 2.05) is 27.9 Å². The van der Waals surface area contributed by atoms with Gasteiger partial charge in [0.1, 0.15) is 7.11 Å². The summed E-state index contributed by atoms with van der Waals surface area (Å²) in [6.07, 6.45) is 0. The topological polar surface area (TPSA) is 34.1 Å². The van der Waals surface area contributed by atoms with E-state index in [2.05, 4.69) is 14.8 Å². The van der Waals surface area contributed by atoms with E-state index in [1.54, 1.807) is 12.2 Å². The summed E-state index contributed by atoms with van der Waals surface area (Å²) in [5, 5.41) is 5.17. The van der Waals surface area contributed by atoms with Crippen LogP contribution < -0.4 is 0 Å².